The molecule has 0 spiro atoms. The van der Waals surface area contributed by atoms with Gasteiger partial charge in [0.15, 0.2) is 11.5 Å². The molecule has 0 fully saturated rings. The minimum atomic E-state index is -0.129. The number of halogens is 1. The maximum atomic E-state index is 11.1. The zero-order valence-corrected chi connectivity index (χ0v) is 13.4. The van der Waals surface area contributed by atoms with E-state index >= 15 is 0 Å². The lowest BCUT2D eigenvalue weighted by molar-refractivity contribution is -0.118. The van der Waals surface area contributed by atoms with Crippen LogP contribution in [0.3, 0.4) is 0 Å². The molecule has 108 valence electrons. The van der Waals surface area contributed by atoms with E-state index in [4.69, 9.17) is 9.47 Å². The Kier molecular flexibility index (Phi) is 9.98. The van der Waals surface area contributed by atoms with Gasteiger partial charge in [0, 0.05) is 24.0 Å². The van der Waals surface area contributed by atoms with E-state index in [-0.39, 0.29) is 5.91 Å². The van der Waals surface area contributed by atoms with Gasteiger partial charge in [0.25, 0.3) is 0 Å². The average Bonchev–Trinajstić information content (AvgIpc) is 2.38. The number of amides is 1. The molecule has 0 aromatic heterocycles. The van der Waals surface area contributed by atoms with E-state index in [1.807, 2.05) is 0 Å². The van der Waals surface area contributed by atoms with Crippen molar-refractivity contribution in [2.24, 2.45) is 0 Å². The molecule has 0 aromatic carbocycles. The van der Waals surface area contributed by atoms with Gasteiger partial charge in [-0.25, -0.2) is 0 Å². The number of methoxy groups -OCH3 is 1. The van der Waals surface area contributed by atoms with E-state index in [1.165, 1.54) is 6.92 Å². The van der Waals surface area contributed by atoms with Crippen molar-refractivity contribution in [1.82, 2.24) is 5.32 Å². The Bertz CT molecular complexity index is 362. The molecule has 0 aromatic rings. The lowest BCUT2D eigenvalue weighted by atomic mass is 10.3. The van der Waals surface area contributed by atoms with Crippen LogP contribution < -0.4 is 5.32 Å². The quantitative estimate of drug-likeness (QED) is 0.305. The van der Waals surface area contributed by atoms with E-state index in [2.05, 4.69) is 34.7 Å². The third kappa shape index (κ3) is 7.72. The molecule has 0 aliphatic carbocycles. The highest BCUT2D eigenvalue weighted by Gasteiger charge is 2.07. The Morgan fingerprint density at radius 2 is 2.11 bits per heavy atom. The molecule has 0 saturated carbocycles. The third-order valence-electron chi connectivity index (χ3n) is 2.19. The molecule has 0 radical (unpaired) electrons. The normalized spacial score (nSPS) is 12.5. The first kappa shape index (κ1) is 17.8. The van der Waals surface area contributed by atoms with Crippen molar-refractivity contribution in [2.75, 3.05) is 19.0 Å². The molecule has 0 aliphatic heterocycles. The molecule has 0 saturated heterocycles. The number of carbonyl (C=O) groups is 1. The van der Waals surface area contributed by atoms with Crippen LogP contribution >= 0.6 is 15.9 Å². The fraction of sp³-hybridized carbons (Fsp3) is 0.500. The molecule has 19 heavy (non-hydrogen) atoms. The number of rotatable bonds is 9. The van der Waals surface area contributed by atoms with Gasteiger partial charge in [0.2, 0.25) is 5.91 Å². The SMILES string of the molecule is C=C/C(OC)=C(\C=C(/CBr)NC(C)=O)OCCCC. The summed E-state index contributed by atoms with van der Waals surface area (Å²) in [6.45, 7) is 7.83. The summed E-state index contributed by atoms with van der Waals surface area (Å²) in [7, 11) is 1.56. The summed E-state index contributed by atoms with van der Waals surface area (Å²) < 4.78 is 10.9. The molecular weight excluding hydrogens is 310 g/mol. The lowest BCUT2D eigenvalue weighted by Crippen LogP contribution is -2.20. The average molecular weight is 332 g/mol. The molecule has 5 heteroatoms. The van der Waals surface area contributed by atoms with Gasteiger partial charge in [-0.3, -0.25) is 4.79 Å². The van der Waals surface area contributed by atoms with E-state index in [0.717, 1.165) is 12.8 Å². The molecule has 1 N–H and O–H groups in total. The molecule has 0 aliphatic rings. The Morgan fingerprint density at radius 3 is 2.53 bits per heavy atom. The van der Waals surface area contributed by atoms with Crippen LogP contribution in [0.2, 0.25) is 0 Å². The summed E-state index contributed by atoms with van der Waals surface area (Å²) in [6.07, 6.45) is 5.32. The van der Waals surface area contributed by atoms with E-state index in [1.54, 1.807) is 19.3 Å². The molecule has 0 rings (SSSR count). The maximum Gasteiger partial charge on any atom is 0.221 e. The highest BCUT2D eigenvalue weighted by molar-refractivity contribution is 9.09. The van der Waals surface area contributed by atoms with Crippen molar-refractivity contribution in [1.29, 1.82) is 0 Å². The number of ether oxygens (including phenoxy) is 2. The smallest absolute Gasteiger partial charge is 0.221 e. The Labute approximate surface area is 123 Å². The van der Waals surface area contributed by atoms with Gasteiger partial charge in [-0.15, -0.1) is 0 Å². The van der Waals surface area contributed by atoms with Gasteiger partial charge >= 0.3 is 0 Å². The Morgan fingerprint density at radius 1 is 1.42 bits per heavy atom. The number of alkyl halides is 1. The summed E-state index contributed by atoms with van der Waals surface area (Å²) in [6, 6.07) is 0. The van der Waals surface area contributed by atoms with Crippen molar-refractivity contribution in [2.45, 2.75) is 26.7 Å². The van der Waals surface area contributed by atoms with Gasteiger partial charge in [-0.05, 0) is 12.5 Å². The van der Waals surface area contributed by atoms with Crippen LogP contribution in [0.1, 0.15) is 26.7 Å². The predicted molar refractivity (Wildman–Crippen MR) is 80.8 cm³/mol. The fourth-order valence-electron chi connectivity index (χ4n) is 1.29. The first-order valence-corrected chi connectivity index (χ1v) is 7.28. The van der Waals surface area contributed by atoms with Crippen LogP contribution in [0.25, 0.3) is 0 Å². The largest absolute Gasteiger partial charge is 0.493 e. The number of unbranched alkanes of at least 4 members (excludes halogenated alkanes) is 1. The number of nitrogens with one attached hydrogen (secondary N) is 1. The Hall–Kier alpha value is -1.23. The first-order valence-electron chi connectivity index (χ1n) is 6.16. The van der Waals surface area contributed by atoms with Gasteiger partial charge in [-0.1, -0.05) is 35.9 Å². The molecular formula is C14H22BrNO3. The summed E-state index contributed by atoms with van der Waals surface area (Å²) in [5.41, 5.74) is 0.704. The van der Waals surface area contributed by atoms with E-state index in [9.17, 15) is 4.79 Å². The highest BCUT2D eigenvalue weighted by atomic mass is 79.9. The van der Waals surface area contributed by atoms with Crippen LogP contribution in [0.4, 0.5) is 0 Å². The number of hydrogen-bond acceptors (Lipinski definition) is 3. The van der Waals surface area contributed by atoms with Crippen molar-refractivity contribution < 1.29 is 14.3 Å². The van der Waals surface area contributed by atoms with Crippen molar-refractivity contribution in [3.63, 3.8) is 0 Å². The van der Waals surface area contributed by atoms with Crippen LogP contribution in [-0.4, -0.2) is 25.0 Å². The molecule has 0 bridgehead atoms. The van der Waals surface area contributed by atoms with Crippen LogP contribution in [-0.2, 0) is 14.3 Å². The first-order chi connectivity index (χ1) is 9.08. The predicted octanol–water partition coefficient (Wildman–Crippen LogP) is 3.26. The van der Waals surface area contributed by atoms with Gasteiger partial charge < -0.3 is 14.8 Å². The monoisotopic (exact) mass is 331 g/mol. The van der Waals surface area contributed by atoms with Gasteiger partial charge in [0.05, 0.1) is 13.7 Å². The van der Waals surface area contributed by atoms with Crippen molar-refractivity contribution in [3.8, 4) is 0 Å². The van der Waals surface area contributed by atoms with Crippen LogP contribution in [0.15, 0.2) is 35.9 Å². The second kappa shape index (κ2) is 10.7. The Balaban J connectivity index is 5.10. The van der Waals surface area contributed by atoms with Gasteiger partial charge in [0.1, 0.15) is 0 Å². The second-order valence-electron chi connectivity index (χ2n) is 3.82. The molecule has 0 heterocycles. The zero-order chi connectivity index (χ0) is 14.7. The molecule has 4 nitrogen and oxygen atoms in total. The summed E-state index contributed by atoms with van der Waals surface area (Å²) in [5, 5.41) is 3.24. The maximum absolute atomic E-state index is 11.1. The van der Waals surface area contributed by atoms with Gasteiger partial charge in [-0.2, -0.15) is 0 Å². The molecule has 0 atom stereocenters. The lowest BCUT2D eigenvalue weighted by Gasteiger charge is -2.12. The number of allylic oxidation sites excluding steroid dienone is 3. The minimum absolute atomic E-state index is 0.129. The van der Waals surface area contributed by atoms with E-state index in [0.29, 0.717) is 29.2 Å². The standard InChI is InChI=1S/C14H22BrNO3/c1-5-7-8-19-14(13(6-2)18-4)9-12(10-15)16-11(3)17/h6,9H,2,5,7-8,10H2,1,3-4H3,(H,16,17)/b12-9+,14-13-. The van der Waals surface area contributed by atoms with Crippen LogP contribution in [0.5, 0.6) is 0 Å². The minimum Gasteiger partial charge on any atom is -0.493 e. The van der Waals surface area contributed by atoms with Crippen LogP contribution in [0, 0.1) is 0 Å². The summed E-state index contributed by atoms with van der Waals surface area (Å²) in [5.74, 6) is 0.977. The zero-order valence-electron chi connectivity index (χ0n) is 11.8. The van der Waals surface area contributed by atoms with Crippen molar-refractivity contribution in [3.05, 3.63) is 35.9 Å². The van der Waals surface area contributed by atoms with Crippen molar-refractivity contribution >= 4 is 21.8 Å². The molecule has 0 unspecified atom stereocenters. The third-order valence-corrected chi connectivity index (χ3v) is 2.79. The summed E-state index contributed by atoms with van der Waals surface area (Å²) in [4.78, 5) is 11.1. The number of carbonyl (C=O) groups excluding carboxylic acids is 1. The summed E-state index contributed by atoms with van der Waals surface area (Å²) >= 11 is 3.32. The highest BCUT2D eigenvalue weighted by Crippen LogP contribution is 2.13. The fourth-order valence-corrected chi connectivity index (χ4v) is 1.59. The van der Waals surface area contributed by atoms with E-state index < -0.39 is 0 Å². The topological polar surface area (TPSA) is 47.6 Å². The molecule has 1 amide bonds. The number of hydrogen-bond donors (Lipinski definition) is 1. The second-order valence-corrected chi connectivity index (χ2v) is 4.38.